The maximum Gasteiger partial charge on any atom is 0.234 e. The van der Waals surface area contributed by atoms with Gasteiger partial charge in [-0.3, -0.25) is 4.79 Å². The molecule has 0 saturated carbocycles. The van der Waals surface area contributed by atoms with Gasteiger partial charge in [-0.05, 0) is 50.2 Å². The van der Waals surface area contributed by atoms with Gasteiger partial charge in [-0.25, -0.2) is 9.97 Å². The fourth-order valence-corrected chi connectivity index (χ4v) is 4.32. The van der Waals surface area contributed by atoms with Crippen LogP contribution in [0, 0.1) is 0 Å². The van der Waals surface area contributed by atoms with Crippen molar-refractivity contribution < 1.29 is 9.21 Å². The molecule has 31 heavy (non-hydrogen) atoms. The van der Waals surface area contributed by atoms with E-state index in [4.69, 9.17) is 4.42 Å². The standard InChI is InChI=1S/C24H26N4O2S/c1-4-20-26-22-18-9-7-8-10-19(18)30-23(22)24(27-20)31-15-21(29)25-16-11-13-17(14-12-16)28(5-2)6-3/h7-14H,4-6,15H2,1-3H3,(H,25,29). The number of hydrogen-bond donors (Lipinski definition) is 1. The van der Waals surface area contributed by atoms with Crippen LogP contribution in [0.25, 0.3) is 22.1 Å². The normalized spacial score (nSPS) is 11.2. The largest absolute Gasteiger partial charge is 0.451 e. The van der Waals surface area contributed by atoms with Gasteiger partial charge in [-0.1, -0.05) is 30.8 Å². The Kier molecular flexibility index (Phi) is 6.42. The van der Waals surface area contributed by atoms with Gasteiger partial charge in [0.05, 0.1) is 5.75 Å². The van der Waals surface area contributed by atoms with Crippen LogP contribution in [-0.4, -0.2) is 34.7 Å². The van der Waals surface area contributed by atoms with Gasteiger partial charge in [0.2, 0.25) is 5.91 Å². The monoisotopic (exact) mass is 434 g/mol. The van der Waals surface area contributed by atoms with Crippen molar-refractivity contribution in [1.82, 2.24) is 9.97 Å². The Morgan fingerprint density at radius 3 is 2.48 bits per heavy atom. The van der Waals surface area contributed by atoms with E-state index in [0.717, 1.165) is 46.8 Å². The molecule has 2 heterocycles. The van der Waals surface area contributed by atoms with Gasteiger partial charge in [-0.15, -0.1) is 0 Å². The summed E-state index contributed by atoms with van der Waals surface area (Å²) in [5.41, 5.74) is 4.15. The van der Waals surface area contributed by atoms with E-state index in [2.05, 4.69) is 34.0 Å². The molecule has 0 aliphatic rings. The zero-order valence-electron chi connectivity index (χ0n) is 18.0. The fourth-order valence-electron chi connectivity index (χ4n) is 3.54. The first-order valence-electron chi connectivity index (χ1n) is 10.6. The Bertz CT molecular complexity index is 1200. The van der Waals surface area contributed by atoms with E-state index < -0.39 is 0 Å². The molecule has 0 bridgehead atoms. The van der Waals surface area contributed by atoms with E-state index >= 15 is 0 Å². The zero-order chi connectivity index (χ0) is 21.8. The van der Waals surface area contributed by atoms with Crippen molar-refractivity contribution in [2.75, 3.05) is 29.1 Å². The van der Waals surface area contributed by atoms with Crippen LogP contribution in [0.15, 0.2) is 58.0 Å². The molecular weight excluding hydrogens is 408 g/mol. The number of fused-ring (bicyclic) bond motifs is 3. The number of anilines is 2. The van der Waals surface area contributed by atoms with E-state index in [-0.39, 0.29) is 11.7 Å². The topological polar surface area (TPSA) is 71.3 Å². The minimum atomic E-state index is -0.0819. The van der Waals surface area contributed by atoms with E-state index in [1.54, 1.807) is 0 Å². The van der Waals surface area contributed by atoms with Crippen molar-refractivity contribution in [3.8, 4) is 0 Å². The molecule has 0 aliphatic carbocycles. The van der Waals surface area contributed by atoms with Crippen LogP contribution >= 0.6 is 11.8 Å². The molecule has 160 valence electrons. The summed E-state index contributed by atoms with van der Waals surface area (Å²) >= 11 is 1.37. The molecule has 0 radical (unpaired) electrons. The molecule has 6 nitrogen and oxygen atoms in total. The molecule has 4 aromatic rings. The van der Waals surface area contributed by atoms with Crippen molar-refractivity contribution in [3.05, 3.63) is 54.4 Å². The molecule has 2 aromatic carbocycles. The number of aromatic nitrogens is 2. The Balaban J connectivity index is 1.49. The minimum absolute atomic E-state index is 0.0819. The summed E-state index contributed by atoms with van der Waals surface area (Å²) in [6.45, 7) is 8.19. The summed E-state index contributed by atoms with van der Waals surface area (Å²) in [7, 11) is 0. The van der Waals surface area contributed by atoms with Crippen LogP contribution in [0.3, 0.4) is 0 Å². The van der Waals surface area contributed by atoms with E-state index in [0.29, 0.717) is 17.0 Å². The molecular formula is C24H26N4O2S. The van der Waals surface area contributed by atoms with Crippen molar-refractivity contribution in [3.63, 3.8) is 0 Å². The maximum absolute atomic E-state index is 12.6. The first kappa shape index (κ1) is 21.2. The molecule has 0 unspecified atom stereocenters. The average molecular weight is 435 g/mol. The molecule has 0 atom stereocenters. The number of nitrogens with one attached hydrogen (secondary N) is 1. The number of benzene rings is 2. The van der Waals surface area contributed by atoms with Crippen molar-refractivity contribution in [2.45, 2.75) is 32.2 Å². The van der Waals surface area contributed by atoms with Crippen LogP contribution in [0.4, 0.5) is 11.4 Å². The summed E-state index contributed by atoms with van der Waals surface area (Å²) in [5.74, 6) is 0.903. The number of hydrogen-bond acceptors (Lipinski definition) is 6. The average Bonchev–Trinajstić information content (AvgIpc) is 3.18. The first-order chi connectivity index (χ1) is 15.1. The Morgan fingerprint density at radius 2 is 1.77 bits per heavy atom. The van der Waals surface area contributed by atoms with Gasteiger partial charge in [0.1, 0.15) is 22.0 Å². The lowest BCUT2D eigenvalue weighted by molar-refractivity contribution is -0.113. The second-order valence-corrected chi connectivity index (χ2v) is 8.09. The first-order valence-corrected chi connectivity index (χ1v) is 11.6. The summed E-state index contributed by atoms with van der Waals surface area (Å²) < 4.78 is 6.01. The second-order valence-electron chi connectivity index (χ2n) is 7.13. The predicted octanol–water partition coefficient (Wildman–Crippen LogP) is 5.52. The predicted molar refractivity (Wildman–Crippen MR) is 128 cm³/mol. The molecule has 0 saturated heterocycles. The lowest BCUT2D eigenvalue weighted by Gasteiger charge is -2.21. The SMILES string of the molecule is CCc1nc(SCC(=O)Nc2ccc(N(CC)CC)cc2)c2oc3ccccc3c2n1. The third kappa shape index (κ3) is 4.51. The van der Waals surface area contributed by atoms with Crippen molar-refractivity contribution >= 4 is 51.1 Å². The smallest absolute Gasteiger partial charge is 0.234 e. The highest BCUT2D eigenvalue weighted by atomic mass is 32.2. The maximum atomic E-state index is 12.6. The van der Waals surface area contributed by atoms with Crippen molar-refractivity contribution in [2.24, 2.45) is 0 Å². The zero-order valence-corrected chi connectivity index (χ0v) is 18.8. The number of rotatable bonds is 8. The number of carbonyl (C=O) groups is 1. The quantitative estimate of drug-likeness (QED) is 0.291. The summed E-state index contributed by atoms with van der Waals surface area (Å²) in [5, 5.41) is 4.63. The minimum Gasteiger partial charge on any atom is -0.451 e. The molecule has 1 N–H and O–H groups in total. The molecule has 0 spiro atoms. The summed E-state index contributed by atoms with van der Waals surface area (Å²) in [4.78, 5) is 24.1. The highest BCUT2D eigenvalue weighted by Crippen LogP contribution is 2.33. The van der Waals surface area contributed by atoms with E-state index in [1.807, 2.05) is 55.5 Å². The number of furan rings is 1. The van der Waals surface area contributed by atoms with Crippen LogP contribution in [-0.2, 0) is 11.2 Å². The number of amides is 1. The van der Waals surface area contributed by atoms with Gasteiger partial charge in [0, 0.05) is 36.3 Å². The van der Waals surface area contributed by atoms with Crippen LogP contribution in [0.2, 0.25) is 0 Å². The third-order valence-electron chi connectivity index (χ3n) is 5.17. The Morgan fingerprint density at radius 1 is 1.03 bits per heavy atom. The van der Waals surface area contributed by atoms with E-state index in [9.17, 15) is 4.79 Å². The number of thioether (sulfide) groups is 1. The van der Waals surface area contributed by atoms with Gasteiger partial charge < -0.3 is 14.6 Å². The van der Waals surface area contributed by atoms with Crippen LogP contribution < -0.4 is 10.2 Å². The Hall–Kier alpha value is -3.06. The Labute approximate surface area is 186 Å². The number of para-hydroxylation sites is 1. The molecule has 0 fully saturated rings. The number of aryl methyl sites for hydroxylation is 1. The van der Waals surface area contributed by atoms with Crippen LogP contribution in [0.1, 0.15) is 26.6 Å². The van der Waals surface area contributed by atoms with Gasteiger partial charge in [-0.2, -0.15) is 0 Å². The molecule has 7 heteroatoms. The number of nitrogens with zero attached hydrogens (tertiary/aromatic N) is 3. The fraction of sp³-hybridized carbons (Fsp3) is 0.292. The molecule has 4 rings (SSSR count). The highest BCUT2D eigenvalue weighted by Gasteiger charge is 2.16. The molecule has 1 amide bonds. The van der Waals surface area contributed by atoms with Gasteiger partial charge >= 0.3 is 0 Å². The summed E-state index contributed by atoms with van der Waals surface area (Å²) in [6.07, 6.45) is 0.716. The third-order valence-corrected chi connectivity index (χ3v) is 6.13. The second kappa shape index (κ2) is 9.39. The molecule has 0 aliphatic heterocycles. The van der Waals surface area contributed by atoms with Crippen LogP contribution in [0.5, 0.6) is 0 Å². The number of carbonyl (C=O) groups excluding carboxylic acids is 1. The highest BCUT2D eigenvalue weighted by molar-refractivity contribution is 8.00. The summed E-state index contributed by atoms with van der Waals surface area (Å²) in [6, 6.07) is 15.8. The van der Waals surface area contributed by atoms with Crippen molar-refractivity contribution in [1.29, 1.82) is 0 Å². The van der Waals surface area contributed by atoms with Gasteiger partial charge in [0.25, 0.3) is 0 Å². The lowest BCUT2D eigenvalue weighted by atomic mass is 10.2. The van der Waals surface area contributed by atoms with Gasteiger partial charge in [0.15, 0.2) is 5.58 Å². The molecule has 2 aromatic heterocycles. The lowest BCUT2D eigenvalue weighted by Crippen LogP contribution is -2.21. The van der Waals surface area contributed by atoms with E-state index in [1.165, 1.54) is 11.8 Å².